The minimum Gasteiger partial charge on any atom is -0.394 e. The van der Waals surface area contributed by atoms with Crippen LogP contribution >= 0.6 is 7.82 Å². The van der Waals surface area contributed by atoms with Crippen molar-refractivity contribution in [1.29, 1.82) is 0 Å². The van der Waals surface area contributed by atoms with Crippen molar-refractivity contribution in [3.05, 3.63) is 70.0 Å². The van der Waals surface area contributed by atoms with E-state index in [-0.39, 0.29) is 17.8 Å². The lowest BCUT2D eigenvalue weighted by Gasteiger charge is -2.21. The van der Waals surface area contributed by atoms with Gasteiger partial charge in [-0.15, -0.1) is 0 Å². The lowest BCUT2D eigenvalue weighted by atomic mass is 10.1. The molecule has 19 heteroatoms. The van der Waals surface area contributed by atoms with Gasteiger partial charge in [0.25, 0.3) is 5.56 Å². The maximum atomic E-state index is 13.0. The van der Waals surface area contributed by atoms with Gasteiger partial charge in [0.15, 0.2) is 17.7 Å². The zero-order valence-electron chi connectivity index (χ0n) is 23.6. The van der Waals surface area contributed by atoms with Crippen LogP contribution in [0.1, 0.15) is 18.9 Å². The number of nitrogens with one attached hydrogen (secondary N) is 1. The number of aliphatic hydroxyl groups excluding tert-OH is 2. The topological polar surface area (TPSA) is 248 Å². The number of hydrogen-bond acceptors (Lipinski definition) is 14. The molecule has 3 aromatic heterocycles. The minimum atomic E-state index is -4.84. The molecule has 0 radical (unpaired) electrons. The predicted molar refractivity (Wildman–Crippen MR) is 153 cm³/mol. The number of anilines is 1. The molecule has 6 N–H and O–H groups in total. The first-order valence-electron chi connectivity index (χ1n) is 13.7. The highest BCUT2D eigenvalue weighted by molar-refractivity contribution is 7.47. The number of hydrogen-bond donors (Lipinski definition) is 5. The number of imidazole rings is 1. The standard InChI is InChI=1S/C26H30N7O11P/c1-40-21-20(35)17(43-25(21)33-12-30-19-22(27)28-11-29-23(19)33)10-41-45(38,39)44-15-7-18(42-16(15)9-34)32-8-14(24(36)31-26(32)37)13-5-3-2-4-6-13/h2-6,8,11-12,15-18,20-21,25,34-35H,7,9-10H2,1H3,(H,38,39)(H2,27,28,29)(H,31,36,37)/t15?,16-,17-,18-,20+,21?,25-/m1/s1. The third-order valence-corrected chi connectivity index (χ3v) is 8.65. The quantitative estimate of drug-likeness (QED) is 0.138. The molecular formula is C26H30N7O11P. The second kappa shape index (κ2) is 12.5. The van der Waals surface area contributed by atoms with Crippen LogP contribution in [0.15, 0.2) is 58.8 Å². The third kappa shape index (κ3) is 6.07. The van der Waals surface area contributed by atoms with Gasteiger partial charge >= 0.3 is 13.5 Å². The highest BCUT2D eigenvalue weighted by Crippen LogP contribution is 2.49. The van der Waals surface area contributed by atoms with Gasteiger partial charge in [0.2, 0.25) is 0 Å². The Morgan fingerprint density at radius 3 is 2.64 bits per heavy atom. The van der Waals surface area contributed by atoms with Crippen molar-refractivity contribution >= 4 is 24.8 Å². The van der Waals surface area contributed by atoms with Gasteiger partial charge < -0.3 is 35.1 Å². The van der Waals surface area contributed by atoms with Gasteiger partial charge in [0.1, 0.15) is 48.6 Å². The van der Waals surface area contributed by atoms with Crippen LogP contribution in [0, 0.1) is 0 Å². The molecule has 0 bridgehead atoms. The molecule has 0 aliphatic carbocycles. The average molecular weight is 648 g/mol. The zero-order valence-corrected chi connectivity index (χ0v) is 24.5. The summed E-state index contributed by atoms with van der Waals surface area (Å²) in [7, 11) is -3.49. The Morgan fingerprint density at radius 1 is 1.13 bits per heavy atom. The van der Waals surface area contributed by atoms with Crippen LogP contribution in [0.4, 0.5) is 5.82 Å². The number of benzene rings is 1. The smallest absolute Gasteiger partial charge is 0.394 e. The van der Waals surface area contributed by atoms with Crippen molar-refractivity contribution in [2.45, 2.75) is 49.4 Å². The van der Waals surface area contributed by atoms with Gasteiger partial charge in [-0.05, 0) is 5.56 Å². The molecule has 0 amide bonds. The maximum Gasteiger partial charge on any atom is 0.472 e. The van der Waals surface area contributed by atoms with Crippen LogP contribution in [0.2, 0.25) is 0 Å². The van der Waals surface area contributed by atoms with E-state index in [2.05, 4.69) is 19.9 Å². The van der Waals surface area contributed by atoms with E-state index < -0.39 is 75.3 Å². The number of aromatic nitrogens is 6. The number of phosphoric acid groups is 1. The first-order valence-corrected chi connectivity index (χ1v) is 15.2. The van der Waals surface area contributed by atoms with E-state index in [1.807, 2.05) is 0 Å². The lowest BCUT2D eigenvalue weighted by Crippen LogP contribution is -2.35. The molecule has 8 atom stereocenters. The maximum absolute atomic E-state index is 13.0. The number of H-pyrrole nitrogens is 1. The van der Waals surface area contributed by atoms with E-state index in [1.165, 1.54) is 30.5 Å². The number of methoxy groups -OCH3 is 1. The Kier molecular flexibility index (Phi) is 8.66. The number of nitrogen functional groups attached to an aromatic ring is 1. The van der Waals surface area contributed by atoms with Gasteiger partial charge in [0, 0.05) is 19.7 Å². The molecule has 6 rings (SSSR count). The van der Waals surface area contributed by atoms with Crippen molar-refractivity contribution < 1.29 is 42.9 Å². The highest BCUT2D eigenvalue weighted by atomic mass is 31.2. The van der Waals surface area contributed by atoms with Crippen LogP contribution in [0.5, 0.6) is 0 Å². The Labute approximate surface area is 253 Å². The fourth-order valence-corrected chi connectivity index (χ4v) is 6.39. The van der Waals surface area contributed by atoms with Gasteiger partial charge in [-0.3, -0.25) is 28.0 Å². The number of aromatic amines is 1. The molecule has 240 valence electrons. The Bertz CT molecular complexity index is 1830. The van der Waals surface area contributed by atoms with Crippen LogP contribution < -0.4 is 17.0 Å². The summed E-state index contributed by atoms with van der Waals surface area (Å²) in [5, 5.41) is 20.8. The first kappa shape index (κ1) is 31.2. The summed E-state index contributed by atoms with van der Waals surface area (Å²) in [6.07, 6.45) is -3.87. The number of fused-ring (bicyclic) bond motifs is 1. The average Bonchev–Trinajstić information content (AvgIpc) is 3.71. The van der Waals surface area contributed by atoms with Crippen LogP contribution in [-0.2, 0) is 27.8 Å². The van der Waals surface area contributed by atoms with E-state index in [4.69, 9.17) is 29.0 Å². The van der Waals surface area contributed by atoms with Gasteiger partial charge in [-0.1, -0.05) is 30.3 Å². The molecule has 45 heavy (non-hydrogen) atoms. The van der Waals surface area contributed by atoms with Gasteiger partial charge in [-0.2, -0.15) is 0 Å². The summed E-state index contributed by atoms with van der Waals surface area (Å²) in [6, 6.07) is 8.63. The molecule has 0 saturated carbocycles. The predicted octanol–water partition coefficient (Wildman–Crippen LogP) is -0.319. The summed E-state index contributed by atoms with van der Waals surface area (Å²) in [5.41, 5.74) is 5.87. The summed E-state index contributed by atoms with van der Waals surface area (Å²) in [4.78, 5) is 50.2. The number of nitrogens with zero attached hydrogens (tertiary/aromatic N) is 5. The van der Waals surface area contributed by atoms with Crippen molar-refractivity contribution in [2.24, 2.45) is 0 Å². The zero-order chi connectivity index (χ0) is 31.9. The molecule has 4 aromatic rings. The molecule has 5 heterocycles. The molecule has 1 aromatic carbocycles. The molecule has 2 aliphatic heterocycles. The van der Waals surface area contributed by atoms with E-state index in [9.17, 15) is 29.3 Å². The summed E-state index contributed by atoms with van der Waals surface area (Å²) < 4.78 is 43.3. The lowest BCUT2D eigenvalue weighted by molar-refractivity contribution is -0.0627. The van der Waals surface area contributed by atoms with Crippen molar-refractivity contribution in [3.63, 3.8) is 0 Å². The molecule has 18 nitrogen and oxygen atoms in total. The monoisotopic (exact) mass is 647 g/mol. The Morgan fingerprint density at radius 2 is 1.91 bits per heavy atom. The van der Waals surface area contributed by atoms with Gasteiger partial charge in [-0.25, -0.2) is 24.3 Å². The number of aliphatic hydroxyl groups is 2. The van der Waals surface area contributed by atoms with E-state index in [1.54, 1.807) is 30.3 Å². The molecule has 2 aliphatic rings. The highest BCUT2D eigenvalue weighted by Gasteiger charge is 2.47. The number of phosphoric ester groups is 1. The Hall–Kier alpha value is -3.84. The molecule has 2 saturated heterocycles. The van der Waals surface area contributed by atoms with Crippen LogP contribution in [0.25, 0.3) is 22.3 Å². The normalized spacial score (nSPS) is 28.0. The van der Waals surface area contributed by atoms with E-state index in [0.29, 0.717) is 16.7 Å². The fourth-order valence-electron chi connectivity index (χ4n) is 5.43. The van der Waals surface area contributed by atoms with Crippen molar-refractivity contribution in [1.82, 2.24) is 29.1 Å². The van der Waals surface area contributed by atoms with Crippen molar-refractivity contribution in [3.8, 4) is 11.1 Å². The SMILES string of the molecule is COC1[C@@H](O)[C@@H](COP(=O)(O)OC2C[C@H](n3cc(-c4ccccc4)c(=O)[nH]c3=O)O[C@@H]2CO)O[C@H]1n1cnc2c(N)ncnc21. The number of nitrogens with two attached hydrogens (primary N) is 1. The van der Waals surface area contributed by atoms with Crippen molar-refractivity contribution in [2.75, 3.05) is 26.1 Å². The van der Waals surface area contributed by atoms with Crippen LogP contribution in [-0.4, -0.2) is 95.0 Å². The number of ether oxygens (including phenoxy) is 3. The van der Waals surface area contributed by atoms with Crippen LogP contribution in [0.3, 0.4) is 0 Å². The largest absolute Gasteiger partial charge is 0.472 e. The van der Waals surface area contributed by atoms with Gasteiger partial charge in [0.05, 0.1) is 25.1 Å². The first-order chi connectivity index (χ1) is 21.6. The third-order valence-electron chi connectivity index (χ3n) is 7.64. The molecular weight excluding hydrogens is 617 g/mol. The van der Waals surface area contributed by atoms with E-state index >= 15 is 0 Å². The molecule has 0 spiro atoms. The second-order valence-corrected chi connectivity index (χ2v) is 11.8. The molecule has 2 fully saturated rings. The minimum absolute atomic E-state index is 0.144. The fraction of sp³-hybridized carbons (Fsp3) is 0.423. The summed E-state index contributed by atoms with van der Waals surface area (Å²) in [6.45, 7) is -1.20. The summed E-state index contributed by atoms with van der Waals surface area (Å²) >= 11 is 0. The summed E-state index contributed by atoms with van der Waals surface area (Å²) in [5.74, 6) is 0.144. The Balaban J connectivity index is 1.14. The molecule has 3 unspecified atom stereocenters. The number of rotatable bonds is 10. The second-order valence-electron chi connectivity index (χ2n) is 10.4. The van der Waals surface area contributed by atoms with E-state index in [0.717, 1.165) is 4.57 Å².